The maximum atomic E-state index is 9.11. The molecule has 65 valence electrons. The van der Waals surface area contributed by atoms with Crippen LogP contribution in [0.5, 0.6) is 0 Å². The van der Waals surface area contributed by atoms with Crippen molar-refractivity contribution in [1.29, 1.82) is 0 Å². The van der Waals surface area contributed by atoms with Crippen LogP contribution in [0.25, 0.3) is 0 Å². The molecule has 0 saturated heterocycles. The van der Waals surface area contributed by atoms with E-state index in [0.29, 0.717) is 0 Å². The molecule has 0 aromatic heterocycles. The fourth-order valence-electron chi connectivity index (χ4n) is 0. The summed E-state index contributed by atoms with van der Waals surface area (Å²) < 4.78 is 47.9. The van der Waals surface area contributed by atoms with Crippen LogP contribution in [0.2, 0.25) is 0 Å². The van der Waals surface area contributed by atoms with Gasteiger partial charge in [0.2, 0.25) is 0 Å². The monoisotopic (exact) mass is 251 g/mol. The summed E-state index contributed by atoms with van der Waals surface area (Å²) in [5.74, 6) is 0. The van der Waals surface area contributed by atoms with Gasteiger partial charge in [-0.15, -0.1) is 0 Å². The molecule has 0 heterocycles. The summed E-state index contributed by atoms with van der Waals surface area (Å²) in [7, 11) is -7.67. The van der Waals surface area contributed by atoms with E-state index in [9.17, 15) is 0 Å². The molecule has 0 rings (SSSR count). The van der Waals surface area contributed by atoms with Gasteiger partial charge in [0.15, 0.2) is 0 Å². The van der Waals surface area contributed by atoms with Gasteiger partial charge in [0, 0.05) is 51.9 Å². The van der Waals surface area contributed by atoms with Gasteiger partial charge in [-0.2, -0.15) is 8.42 Å². The van der Waals surface area contributed by atoms with Crippen LogP contribution in [-0.4, -0.2) is 56.2 Å². The Bertz CT molecular complexity index is 211. The van der Waals surface area contributed by atoms with Crippen molar-refractivity contribution in [3.05, 3.63) is 0 Å². The third-order valence-corrected chi connectivity index (χ3v) is 0. The van der Waals surface area contributed by atoms with Crippen molar-refractivity contribution in [2.24, 2.45) is 0 Å². The quantitative estimate of drug-likeness (QED) is 0.404. The van der Waals surface area contributed by atoms with Crippen LogP contribution < -0.4 is 0 Å². The third-order valence-electron chi connectivity index (χ3n) is 0. The molecule has 11 heteroatoms. The summed E-state index contributed by atoms with van der Waals surface area (Å²) >= 11 is 6.93. The Labute approximate surface area is 95.7 Å². The second-order valence-corrected chi connectivity index (χ2v) is 5.29. The molecule has 0 aliphatic rings. The fourth-order valence-corrected chi connectivity index (χ4v) is 0. The Hall–Kier alpha value is 1.58. The Morgan fingerprint density at radius 3 is 0.818 bits per heavy atom. The van der Waals surface area contributed by atoms with E-state index in [0.717, 1.165) is 0 Å². The molecule has 0 spiro atoms. The van der Waals surface area contributed by atoms with Crippen LogP contribution in [0.3, 0.4) is 0 Å². The molecular formula is H4NaO6S4. The minimum Gasteiger partial charge on any atom is -0.285 e. The fraction of sp³-hybridized carbons (Fsp3) is 0. The molecule has 0 atom stereocenters. The van der Waals surface area contributed by atoms with E-state index in [1.807, 2.05) is 0 Å². The Kier molecular flexibility index (Phi) is 11.7. The first-order valence-electron chi connectivity index (χ1n) is 1.40. The minimum absolute atomic E-state index is 0. The first kappa shape index (κ1) is 18.4. The van der Waals surface area contributed by atoms with Crippen molar-refractivity contribution >= 4 is 70.0 Å². The van der Waals surface area contributed by atoms with Crippen LogP contribution >= 0.6 is 0 Å². The molecule has 0 aromatic rings. The predicted octanol–water partition coefficient (Wildman–Crippen LogP) is -1.02. The van der Waals surface area contributed by atoms with Gasteiger partial charge in [-0.05, 0) is 0 Å². The van der Waals surface area contributed by atoms with Crippen LogP contribution in [0.15, 0.2) is 0 Å². The molecule has 4 N–H and O–H groups in total. The smallest absolute Gasteiger partial charge is 0.263 e. The van der Waals surface area contributed by atoms with E-state index >= 15 is 0 Å². The Morgan fingerprint density at radius 2 is 0.818 bits per heavy atom. The van der Waals surface area contributed by atoms with Gasteiger partial charge in [-0.1, -0.05) is 0 Å². The zero-order valence-corrected chi connectivity index (χ0v) is 10.5. The van der Waals surface area contributed by atoms with Gasteiger partial charge in [0.05, 0.1) is 0 Å². The van der Waals surface area contributed by atoms with Gasteiger partial charge < -0.3 is 0 Å². The summed E-state index contributed by atoms with van der Waals surface area (Å²) in [4.78, 5) is 0. The molecule has 11 heavy (non-hydrogen) atoms. The first-order valence-corrected chi connectivity index (χ1v) is 6.19. The summed E-state index contributed by atoms with van der Waals surface area (Å²) in [5.41, 5.74) is 0. The molecule has 0 unspecified atom stereocenters. The summed E-state index contributed by atoms with van der Waals surface area (Å²) in [6.07, 6.45) is 0. The largest absolute Gasteiger partial charge is 0.285 e. The second kappa shape index (κ2) is 7.03. The van der Waals surface area contributed by atoms with Crippen molar-refractivity contribution in [1.82, 2.24) is 0 Å². The maximum absolute atomic E-state index is 9.11. The van der Waals surface area contributed by atoms with Gasteiger partial charge in [-0.25, -0.2) is 0 Å². The van der Waals surface area contributed by atoms with E-state index in [1.165, 1.54) is 0 Å². The zero-order chi connectivity index (χ0) is 9.00. The maximum Gasteiger partial charge on any atom is 0.263 e. The Morgan fingerprint density at radius 1 is 0.818 bits per heavy atom. The van der Waals surface area contributed by atoms with E-state index in [-0.39, 0.29) is 29.6 Å². The average Bonchev–Trinajstić information content (AvgIpc) is 1.12. The normalized spacial score (nSPS) is 10.5. The molecule has 0 aromatic carbocycles. The average molecular weight is 251 g/mol. The summed E-state index contributed by atoms with van der Waals surface area (Å²) in [5, 5.41) is 0. The number of hydrogen-bond acceptors (Lipinski definition) is 4. The van der Waals surface area contributed by atoms with Crippen LogP contribution in [0.1, 0.15) is 0 Å². The van der Waals surface area contributed by atoms with Gasteiger partial charge in [-0.3, -0.25) is 18.2 Å². The van der Waals surface area contributed by atoms with Crippen molar-refractivity contribution < 1.29 is 26.6 Å². The summed E-state index contributed by atoms with van der Waals surface area (Å²) in [6.45, 7) is 0. The summed E-state index contributed by atoms with van der Waals surface area (Å²) in [6, 6.07) is 0. The molecule has 0 fully saturated rings. The third kappa shape index (κ3) is 426. The minimum atomic E-state index is -3.83. The van der Waals surface area contributed by atoms with Gasteiger partial charge in [0.25, 0.3) is 18.1 Å². The molecule has 0 saturated carbocycles. The number of hydrogen-bond donors (Lipinski definition) is 4. The van der Waals surface area contributed by atoms with Crippen LogP contribution in [0, 0.1) is 0 Å². The topological polar surface area (TPSA) is 115 Å². The molecule has 0 aliphatic heterocycles. The van der Waals surface area contributed by atoms with Crippen molar-refractivity contribution in [3.8, 4) is 0 Å². The first-order chi connectivity index (χ1) is 4.00. The second-order valence-electron chi connectivity index (χ2n) is 0.896. The van der Waals surface area contributed by atoms with Crippen LogP contribution in [-0.2, 0) is 40.5 Å². The van der Waals surface area contributed by atoms with E-state index in [4.69, 9.17) is 26.6 Å². The van der Waals surface area contributed by atoms with E-state index in [2.05, 4.69) is 22.4 Å². The SMILES string of the molecule is O=S(O)(O)=S.O=S(O)(O)=S.[Na]. The Balaban J connectivity index is -0.000000107. The van der Waals surface area contributed by atoms with Crippen molar-refractivity contribution in [2.45, 2.75) is 0 Å². The molecule has 0 amide bonds. The standard InChI is InChI=1S/Na.2H2O3S2/c;2*1-5(2,3)4/h;2*(H2,1,2,3,4). The van der Waals surface area contributed by atoms with Gasteiger partial charge in [0.1, 0.15) is 0 Å². The molecule has 0 aliphatic carbocycles. The molecule has 0 bridgehead atoms. The van der Waals surface area contributed by atoms with Gasteiger partial charge >= 0.3 is 0 Å². The predicted molar refractivity (Wildman–Crippen MR) is 47.3 cm³/mol. The molecule has 1 radical (unpaired) electrons. The molecular weight excluding hydrogens is 247 g/mol. The van der Waals surface area contributed by atoms with E-state index in [1.54, 1.807) is 0 Å². The van der Waals surface area contributed by atoms with Crippen LogP contribution in [0.4, 0.5) is 0 Å². The number of rotatable bonds is 0. The van der Waals surface area contributed by atoms with Crippen molar-refractivity contribution in [2.75, 3.05) is 0 Å². The zero-order valence-electron chi connectivity index (χ0n) is 5.24. The van der Waals surface area contributed by atoms with E-state index < -0.39 is 18.1 Å². The molecule has 6 nitrogen and oxygen atoms in total. The van der Waals surface area contributed by atoms with Crippen molar-refractivity contribution in [3.63, 3.8) is 0 Å².